The van der Waals surface area contributed by atoms with Crippen LogP contribution in [0.4, 0.5) is 11.5 Å². The van der Waals surface area contributed by atoms with E-state index in [0.717, 1.165) is 22.4 Å². The number of nitrogens with zero attached hydrogens (tertiary/aromatic N) is 3. The lowest BCUT2D eigenvalue weighted by Crippen LogP contribution is -2.46. The van der Waals surface area contributed by atoms with E-state index in [-0.39, 0.29) is 23.8 Å². The normalized spacial score (nSPS) is 20.3. The van der Waals surface area contributed by atoms with Crippen molar-refractivity contribution in [2.24, 2.45) is 0 Å². The van der Waals surface area contributed by atoms with E-state index in [0.29, 0.717) is 12.4 Å². The van der Waals surface area contributed by atoms with Gasteiger partial charge < -0.3 is 10.2 Å². The molecule has 1 N–H and O–H groups in total. The highest BCUT2D eigenvalue weighted by Crippen LogP contribution is 2.52. The van der Waals surface area contributed by atoms with Gasteiger partial charge in [0, 0.05) is 17.7 Å². The van der Waals surface area contributed by atoms with Crippen LogP contribution < -0.4 is 10.2 Å². The molecular weight excluding hydrogens is 376 g/mol. The predicted octanol–water partition coefficient (Wildman–Crippen LogP) is 3.81. The summed E-state index contributed by atoms with van der Waals surface area (Å²) in [6.45, 7) is 6.54. The fraction of sp³-hybridized carbons (Fsp3) is 0.292. The number of carbonyl (C=O) groups excluding carboxylic acids is 2. The van der Waals surface area contributed by atoms with Gasteiger partial charge in [0.25, 0.3) is 0 Å². The molecule has 0 aliphatic carbocycles. The van der Waals surface area contributed by atoms with Gasteiger partial charge in [0.05, 0.1) is 18.3 Å². The average molecular weight is 400 g/mol. The zero-order chi connectivity index (χ0) is 21.1. The number of amides is 2. The molecule has 30 heavy (non-hydrogen) atoms. The number of carbonyl (C=O) groups is 2. The molecule has 2 aromatic carbocycles. The SMILES string of the molecule is CC(C)(C)n1ncc2c1NC(=O)C[C@@]21C(=O)N(Cc2ccccc2)c2ccccc21. The van der Waals surface area contributed by atoms with Gasteiger partial charge >= 0.3 is 0 Å². The first-order valence-corrected chi connectivity index (χ1v) is 10.2. The third-order valence-corrected chi connectivity index (χ3v) is 6.00. The maximum Gasteiger partial charge on any atom is 0.243 e. The molecule has 0 bridgehead atoms. The van der Waals surface area contributed by atoms with Crippen LogP contribution in [0.25, 0.3) is 0 Å². The molecule has 2 aliphatic rings. The molecule has 1 spiro atoms. The lowest BCUT2D eigenvalue weighted by Gasteiger charge is -2.34. The van der Waals surface area contributed by atoms with Crippen molar-refractivity contribution >= 4 is 23.3 Å². The summed E-state index contributed by atoms with van der Waals surface area (Å²) in [5.41, 5.74) is 2.16. The molecule has 2 amide bonds. The molecule has 3 heterocycles. The Morgan fingerprint density at radius 1 is 1.00 bits per heavy atom. The van der Waals surface area contributed by atoms with Crippen molar-refractivity contribution in [1.29, 1.82) is 0 Å². The van der Waals surface area contributed by atoms with Crippen molar-refractivity contribution in [3.8, 4) is 0 Å². The van der Waals surface area contributed by atoms with Crippen LogP contribution in [0, 0.1) is 0 Å². The van der Waals surface area contributed by atoms with Crippen LogP contribution >= 0.6 is 0 Å². The molecular formula is C24H24N4O2. The van der Waals surface area contributed by atoms with Crippen LogP contribution in [0.1, 0.15) is 43.9 Å². The maximum atomic E-state index is 14.0. The minimum absolute atomic E-state index is 0.0721. The van der Waals surface area contributed by atoms with Crippen molar-refractivity contribution in [3.05, 3.63) is 77.5 Å². The zero-order valence-corrected chi connectivity index (χ0v) is 17.3. The van der Waals surface area contributed by atoms with Crippen molar-refractivity contribution < 1.29 is 9.59 Å². The van der Waals surface area contributed by atoms with Crippen LogP contribution in [-0.4, -0.2) is 21.6 Å². The lowest BCUT2D eigenvalue weighted by molar-refractivity contribution is -0.126. The number of hydrogen-bond acceptors (Lipinski definition) is 3. The summed E-state index contributed by atoms with van der Waals surface area (Å²) >= 11 is 0. The predicted molar refractivity (Wildman–Crippen MR) is 115 cm³/mol. The second-order valence-electron chi connectivity index (χ2n) is 9.01. The van der Waals surface area contributed by atoms with Gasteiger partial charge in [-0.05, 0) is 38.0 Å². The molecule has 1 aromatic heterocycles. The van der Waals surface area contributed by atoms with E-state index in [1.807, 2.05) is 80.3 Å². The molecule has 6 heteroatoms. The van der Waals surface area contributed by atoms with Gasteiger partial charge in [-0.2, -0.15) is 5.10 Å². The number of aromatic nitrogens is 2. The molecule has 152 valence electrons. The quantitative estimate of drug-likeness (QED) is 0.711. The van der Waals surface area contributed by atoms with Crippen molar-refractivity contribution in [2.45, 2.75) is 44.7 Å². The van der Waals surface area contributed by atoms with E-state index in [9.17, 15) is 9.59 Å². The van der Waals surface area contributed by atoms with Crippen LogP contribution in [0.3, 0.4) is 0 Å². The van der Waals surface area contributed by atoms with Crippen LogP contribution in [0.15, 0.2) is 60.8 Å². The van der Waals surface area contributed by atoms with Gasteiger partial charge in [0.2, 0.25) is 11.8 Å². The van der Waals surface area contributed by atoms with E-state index >= 15 is 0 Å². The van der Waals surface area contributed by atoms with Gasteiger partial charge in [-0.1, -0.05) is 48.5 Å². The third kappa shape index (κ3) is 2.53. The second kappa shape index (κ2) is 6.29. The Morgan fingerprint density at radius 3 is 2.43 bits per heavy atom. The minimum atomic E-state index is -1.05. The zero-order valence-electron chi connectivity index (χ0n) is 17.3. The monoisotopic (exact) mass is 400 g/mol. The Kier molecular flexibility index (Phi) is 3.90. The Hall–Kier alpha value is -3.41. The molecule has 6 nitrogen and oxygen atoms in total. The van der Waals surface area contributed by atoms with E-state index in [4.69, 9.17) is 0 Å². The maximum absolute atomic E-state index is 14.0. The number of para-hydroxylation sites is 1. The minimum Gasteiger partial charge on any atom is -0.311 e. The molecule has 5 rings (SSSR count). The first-order chi connectivity index (χ1) is 14.3. The molecule has 0 fully saturated rings. The van der Waals surface area contributed by atoms with Crippen LogP contribution in [0.5, 0.6) is 0 Å². The van der Waals surface area contributed by atoms with Gasteiger partial charge in [0.15, 0.2) is 0 Å². The van der Waals surface area contributed by atoms with Crippen molar-refractivity contribution in [2.75, 3.05) is 10.2 Å². The largest absolute Gasteiger partial charge is 0.311 e. The number of hydrogen-bond donors (Lipinski definition) is 1. The first-order valence-electron chi connectivity index (χ1n) is 10.2. The Bertz CT molecular complexity index is 1160. The number of rotatable bonds is 2. The number of anilines is 2. The number of nitrogens with one attached hydrogen (secondary N) is 1. The van der Waals surface area contributed by atoms with E-state index < -0.39 is 5.41 Å². The van der Waals surface area contributed by atoms with Gasteiger partial charge in [0.1, 0.15) is 11.2 Å². The topological polar surface area (TPSA) is 67.2 Å². The summed E-state index contributed by atoms with van der Waals surface area (Å²) in [6.07, 6.45) is 1.83. The standard InChI is InChI=1S/C24H24N4O2/c1-23(2,3)28-21-18(14-25-28)24(13-20(29)26-21)17-11-7-8-12-19(17)27(22(24)30)15-16-9-5-4-6-10-16/h4-12,14H,13,15H2,1-3H3,(H,26,29)/t24-/m0/s1. The summed E-state index contributed by atoms with van der Waals surface area (Å²) in [6, 6.07) is 17.7. The first kappa shape index (κ1) is 18.6. The molecule has 0 radical (unpaired) electrons. The highest BCUT2D eigenvalue weighted by molar-refractivity contribution is 6.15. The summed E-state index contributed by atoms with van der Waals surface area (Å²) in [5.74, 6) is 0.374. The lowest BCUT2D eigenvalue weighted by atomic mass is 9.71. The summed E-state index contributed by atoms with van der Waals surface area (Å²) < 4.78 is 1.80. The van der Waals surface area contributed by atoms with Gasteiger partial charge in [-0.15, -0.1) is 0 Å². The highest BCUT2D eigenvalue weighted by Gasteiger charge is 2.57. The van der Waals surface area contributed by atoms with E-state index in [2.05, 4.69) is 10.4 Å². The van der Waals surface area contributed by atoms with Crippen molar-refractivity contribution in [1.82, 2.24) is 9.78 Å². The number of fused-ring (bicyclic) bond motifs is 4. The molecule has 0 saturated heterocycles. The summed E-state index contributed by atoms with van der Waals surface area (Å²) in [7, 11) is 0. The van der Waals surface area contributed by atoms with E-state index in [1.54, 1.807) is 10.9 Å². The Balaban J connectivity index is 1.71. The van der Waals surface area contributed by atoms with Gasteiger partial charge in [-0.25, -0.2) is 4.68 Å². The third-order valence-electron chi connectivity index (χ3n) is 6.00. The Labute approximate surface area is 175 Å². The molecule has 2 aliphatic heterocycles. The number of benzene rings is 2. The fourth-order valence-electron chi connectivity index (χ4n) is 4.68. The summed E-state index contributed by atoms with van der Waals surface area (Å²) in [4.78, 5) is 28.7. The molecule has 0 saturated carbocycles. The molecule has 0 unspecified atom stereocenters. The Morgan fingerprint density at radius 2 is 1.70 bits per heavy atom. The second-order valence-corrected chi connectivity index (χ2v) is 9.01. The van der Waals surface area contributed by atoms with E-state index in [1.165, 1.54) is 0 Å². The smallest absolute Gasteiger partial charge is 0.243 e. The molecule has 1 atom stereocenters. The summed E-state index contributed by atoms with van der Waals surface area (Å²) in [5, 5.41) is 7.54. The van der Waals surface area contributed by atoms with Crippen LogP contribution in [0.2, 0.25) is 0 Å². The average Bonchev–Trinajstić information content (AvgIpc) is 3.24. The van der Waals surface area contributed by atoms with Crippen molar-refractivity contribution in [3.63, 3.8) is 0 Å². The fourth-order valence-corrected chi connectivity index (χ4v) is 4.68. The van der Waals surface area contributed by atoms with Crippen LogP contribution in [-0.2, 0) is 27.1 Å². The highest BCUT2D eigenvalue weighted by atomic mass is 16.2. The van der Waals surface area contributed by atoms with Gasteiger partial charge in [-0.3, -0.25) is 9.59 Å². The molecule has 3 aromatic rings.